The van der Waals surface area contributed by atoms with E-state index in [-0.39, 0.29) is 17.5 Å². The zero-order valence-electron chi connectivity index (χ0n) is 13.2. The van der Waals surface area contributed by atoms with E-state index in [9.17, 15) is 4.79 Å². The molecule has 0 unspecified atom stereocenters. The Morgan fingerprint density at radius 2 is 2.29 bits per heavy atom. The number of nitrogens with two attached hydrogens (primary N) is 1. The second-order valence-corrected chi connectivity index (χ2v) is 6.76. The number of nitrogen functional groups attached to an aromatic ring is 1. The summed E-state index contributed by atoms with van der Waals surface area (Å²) in [7, 11) is 0. The van der Waals surface area contributed by atoms with E-state index in [1.807, 2.05) is 13.0 Å². The van der Waals surface area contributed by atoms with E-state index in [4.69, 9.17) is 10.5 Å². The SMILES string of the molecule is Cc1nc(N)nc2c1cc(-c1cncs1)c(=O)n2[C@@H]1CCCOC1. The van der Waals surface area contributed by atoms with Crippen LogP contribution in [0.15, 0.2) is 22.6 Å². The lowest BCUT2D eigenvalue weighted by atomic mass is 10.1. The van der Waals surface area contributed by atoms with E-state index in [1.54, 1.807) is 16.3 Å². The number of anilines is 1. The number of pyridine rings is 1. The number of ether oxygens (including phenoxy) is 1. The number of aryl methyl sites for hydroxylation is 1. The predicted octanol–water partition coefficient (Wildman–Crippen LogP) is 2.16. The van der Waals surface area contributed by atoms with E-state index in [0.717, 1.165) is 35.4 Å². The molecule has 1 aliphatic rings. The van der Waals surface area contributed by atoms with Gasteiger partial charge >= 0.3 is 0 Å². The molecule has 1 atom stereocenters. The molecule has 3 aromatic rings. The quantitative estimate of drug-likeness (QED) is 0.766. The summed E-state index contributed by atoms with van der Waals surface area (Å²) in [6.45, 7) is 3.11. The summed E-state index contributed by atoms with van der Waals surface area (Å²) in [5.74, 6) is 0.176. The van der Waals surface area contributed by atoms with Crippen molar-refractivity contribution in [3.05, 3.63) is 33.8 Å². The number of nitrogens with zero attached hydrogens (tertiary/aromatic N) is 4. The summed E-state index contributed by atoms with van der Waals surface area (Å²) in [6.07, 6.45) is 3.51. The molecule has 0 spiro atoms. The number of aromatic nitrogens is 4. The molecule has 8 heteroatoms. The molecular weight excluding hydrogens is 326 g/mol. The van der Waals surface area contributed by atoms with Crippen LogP contribution in [0.3, 0.4) is 0 Å². The number of thiazole rings is 1. The van der Waals surface area contributed by atoms with Crippen LogP contribution in [0.4, 0.5) is 5.95 Å². The van der Waals surface area contributed by atoms with Gasteiger partial charge in [0.05, 0.1) is 34.3 Å². The van der Waals surface area contributed by atoms with Crippen LogP contribution in [-0.4, -0.2) is 32.7 Å². The molecule has 4 rings (SSSR count). The number of hydrogen-bond donors (Lipinski definition) is 1. The molecule has 0 bridgehead atoms. The highest BCUT2D eigenvalue weighted by atomic mass is 32.1. The van der Waals surface area contributed by atoms with E-state index in [0.29, 0.717) is 17.8 Å². The second-order valence-electron chi connectivity index (χ2n) is 5.87. The van der Waals surface area contributed by atoms with Crippen LogP contribution in [-0.2, 0) is 4.74 Å². The molecule has 0 radical (unpaired) electrons. The summed E-state index contributed by atoms with van der Waals surface area (Å²) in [4.78, 5) is 26.7. The van der Waals surface area contributed by atoms with Crippen molar-refractivity contribution in [1.29, 1.82) is 0 Å². The monoisotopic (exact) mass is 343 g/mol. The van der Waals surface area contributed by atoms with E-state index < -0.39 is 0 Å². The fraction of sp³-hybridized carbons (Fsp3) is 0.375. The maximum atomic E-state index is 13.2. The molecule has 0 aromatic carbocycles. The topological polar surface area (TPSA) is 95.9 Å². The predicted molar refractivity (Wildman–Crippen MR) is 93.1 cm³/mol. The Balaban J connectivity index is 2.06. The number of rotatable bonds is 2. The summed E-state index contributed by atoms with van der Waals surface area (Å²) >= 11 is 1.44. The molecule has 1 saturated heterocycles. The molecule has 1 fully saturated rings. The van der Waals surface area contributed by atoms with Crippen LogP contribution in [0.25, 0.3) is 21.5 Å². The van der Waals surface area contributed by atoms with Gasteiger partial charge in [-0.15, -0.1) is 11.3 Å². The molecule has 0 saturated carbocycles. The Kier molecular flexibility index (Phi) is 3.78. The third-order valence-corrected chi connectivity index (χ3v) is 5.11. The van der Waals surface area contributed by atoms with Gasteiger partial charge in [-0.25, -0.2) is 4.98 Å². The Bertz CT molecular complexity index is 945. The van der Waals surface area contributed by atoms with Crippen molar-refractivity contribution in [2.24, 2.45) is 0 Å². The summed E-state index contributed by atoms with van der Waals surface area (Å²) in [5.41, 5.74) is 9.42. The van der Waals surface area contributed by atoms with Crippen molar-refractivity contribution in [3.8, 4) is 10.4 Å². The fourth-order valence-corrected chi connectivity index (χ4v) is 3.79. The maximum absolute atomic E-state index is 13.2. The van der Waals surface area contributed by atoms with Crippen molar-refractivity contribution in [3.63, 3.8) is 0 Å². The Hall–Kier alpha value is -2.32. The van der Waals surface area contributed by atoms with Gasteiger partial charge in [-0.05, 0) is 25.8 Å². The zero-order chi connectivity index (χ0) is 16.7. The first-order chi connectivity index (χ1) is 11.6. The van der Waals surface area contributed by atoms with Crippen molar-refractivity contribution in [1.82, 2.24) is 19.5 Å². The van der Waals surface area contributed by atoms with Crippen LogP contribution in [0.2, 0.25) is 0 Å². The molecule has 3 aromatic heterocycles. The zero-order valence-corrected chi connectivity index (χ0v) is 14.0. The van der Waals surface area contributed by atoms with Gasteiger partial charge in [0.15, 0.2) is 0 Å². The van der Waals surface area contributed by atoms with E-state index in [1.165, 1.54) is 11.3 Å². The maximum Gasteiger partial charge on any atom is 0.261 e. The third kappa shape index (κ3) is 2.47. The van der Waals surface area contributed by atoms with Crippen LogP contribution < -0.4 is 11.3 Å². The lowest BCUT2D eigenvalue weighted by Gasteiger charge is -2.26. The molecule has 4 heterocycles. The molecule has 2 N–H and O–H groups in total. The minimum absolute atomic E-state index is 0.0460. The first-order valence-electron chi connectivity index (χ1n) is 7.81. The molecule has 7 nitrogen and oxygen atoms in total. The first kappa shape index (κ1) is 15.2. The highest BCUT2D eigenvalue weighted by Gasteiger charge is 2.23. The van der Waals surface area contributed by atoms with Gasteiger partial charge in [-0.1, -0.05) is 0 Å². The average molecular weight is 343 g/mol. The smallest absolute Gasteiger partial charge is 0.261 e. The minimum Gasteiger partial charge on any atom is -0.379 e. The minimum atomic E-state index is -0.0836. The Labute approximate surface area is 142 Å². The van der Waals surface area contributed by atoms with Crippen LogP contribution >= 0.6 is 11.3 Å². The lowest BCUT2D eigenvalue weighted by molar-refractivity contribution is 0.0594. The Morgan fingerprint density at radius 1 is 1.42 bits per heavy atom. The third-order valence-electron chi connectivity index (χ3n) is 4.30. The normalized spacial score (nSPS) is 18.1. The van der Waals surface area contributed by atoms with E-state index >= 15 is 0 Å². The number of hydrogen-bond acceptors (Lipinski definition) is 7. The summed E-state index contributed by atoms with van der Waals surface area (Å²) in [5, 5.41) is 0.831. The second kappa shape index (κ2) is 5.95. The number of fused-ring (bicyclic) bond motifs is 1. The van der Waals surface area contributed by atoms with Crippen LogP contribution in [0, 0.1) is 6.92 Å². The van der Waals surface area contributed by atoms with E-state index in [2.05, 4.69) is 15.0 Å². The van der Waals surface area contributed by atoms with Gasteiger partial charge in [0.1, 0.15) is 5.65 Å². The molecular formula is C16H17N5O2S. The fourth-order valence-electron chi connectivity index (χ4n) is 3.16. The Morgan fingerprint density at radius 3 is 3.00 bits per heavy atom. The van der Waals surface area contributed by atoms with Crippen LogP contribution in [0.5, 0.6) is 0 Å². The highest BCUT2D eigenvalue weighted by Crippen LogP contribution is 2.28. The van der Waals surface area contributed by atoms with Gasteiger partial charge in [0.25, 0.3) is 5.56 Å². The van der Waals surface area contributed by atoms with Gasteiger partial charge < -0.3 is 10.5 Å². The lowest BCUT2D eigenvalue weighted by Crippen LogP contribution is -2.32. The molecule has 124 valence electrons. The van der Waals surface area contributed by atoms with Crippen molar-refractivity contribution in [2.45, 2.75) is 25.8 Å². The standard InChI is InChI=1S/C16H17N5O2S/c1-9-11-5-12(13-6-18-8-24-13)15(22)21(10-3-2-4-23-7-10)14(11)20-16(17)19-9/h5-6,8,10H,2-4,7H2,1H3,(H2,17,19,20)/t10-/m1/s1. The molecule has 0 aliphatic carbocycles. The van der Waals surface area contributed by atoms with Gasteiger partial charge in [0.2, 0.25) is 5.95 Å². The van der Waals surface area contributed by atoms with Gasteiger partial charge in [-0.2, -0.15) is 4.98 Å². The van der Waals surface area contributed by atoms with Crippen LogP contribution in [0.1, 0.15) is 24.6 Å². The van der Waals surface area contributed by atoms with Gasteiger partial charge in [0, 0.05) is 18.2 Å². The highest BCUT2D eigenvalue weighted by molar-refractivity contribution is 7.13. The molecule has 24 heavy (non-hydrogen) atoms. The largest absolute Gasteiger partial charge is 0.379 e. The molecule has 1 aliphatic heterocycles. The first-order valence-corrected chi connectivity index (χ1v) is 8.69. The van der Waals surface area contributed by atoms with Crippen molar-refractivity contribution in [2.75, 3.05) is 18.9 Å². The average Bonchev–Trinajstić information content (AvgIpc) is 3.09. The molecule has 0 amide bonds. The summed E-state index contributed by atoms with van der Waals surface area (Å²) in [6, 6.07) is 1.80. The van der Waals surface area contributed by atoms with Crippen molar-refractivity contribution < 1.29 is 4.74 Å². The summed E-state index contributed by atoms with van der Waals surface area (Å²) < 4.78 is 7.32. The van der Waals surface area contributed by atoms with Gasteiger partial charge in [-0.3, -0.25) is 14.3 Å². The van der Waals surface area contributed by atoms with Crippen molar-refractivity contribution >= 4 is 28.3 Å².